The van der Waals surface area contributed by atoms with E-state index in [0.717, 1.165) is 0 Å². The van der Waals surface area contributed by atoms with Crippen molar-refractivity contribution < 1.29 is 14.6 Å². The Labute approximate surface area is 46.8 Å². The summed E-state index contributed by atoms with van der Waals surface area (Å²) in [5, 5.41) is 0. The number of rotatable bonds is 0. The van der Waals surface area contributed by atoms with E-state index in [1.807, 2.05) is 0 Å². The smallest absolute Gasteiger partial charge is 0.189 e. The molecule has 0 bridgehead atoms. The van der Waals surface area contributed by atoms with Crippen molar-refractivity contribution in [3.05, 3.63) is 11.8 Å². The molecular formula is C5H6O3. The van der Waals surface area contributed by atoms with E-state index in [2.05, 4.69) is 9.78 Å². The molecule has 0 aliphatic carbocycles. The number of hydrogen-bond donors (Lipinski definition) is 0. The Morgan fingerprint density at radius 1 is 1.75 bits per heavy atom. The van der Waals surface area contributed by atoms with Gasteiger partial charge in [-0.1, -0.05) is 0 Å². The van der Waals surface area contributed by atoms with Gasteiger partial charge in [0.25, 0.3) is 0 Å². The van der Waals surface area contributed by atoms with E-state index in [0.29, 0.717) is 5.76 Å². The number of carbonyl (C=O) groups excluding carboxylic acids is 1. The fraction of sp³-hybridized carbons (Fsp3) is 0.400. The van der Waals surface area contributed by atoms with Gasteiger partial charge in [0.05, 0.1) is 0 Å². The SMILES string of the molecule is CC1=CC(=O)COO1. The summed E-state index contributed by atoms with van der Waals surface area (Å²) >= 11 is 0. The highest BCUT2D eigenvalue weighted by Crippen LogP contribution is 2.01. The maximum Gasteiger partial charge on any atom is 0.189 e. The van der Waals surface area contributed by atoms with Crippen LogP contribution in [0.15, 0.2) is 11.8 Å². The lowest BCUT2D eigenvalue weighted by molar-refractivity contribution is -0.261. The lowest BCUT2D eigenvalue weighted by atomic mass is 10.3. The molecule has 3 heteroatoms. The lowest BCUT2D eigenvalue weighted by Crippen LogP contribution is -2.11. The quantitative estimate of drug-likeness (QED) is 0.428. The normalized spacial score (nSPS) is 19.6. The van der Waals surface area contributed by atoms with Gasteiger partial charge in [-0.3, -0.25) is 4.79 Å². The van der Waals surface area contributed by atoms with Gasteiger partial charge < -0.3 is 4.89 Å². The second kappa shape index (κ2) is 1.96. The van der Waals surface area contributed by atoms with Crippen LogP contribution in [0.25, 0.3) is 0 Å². The van der Waals surface area contributed by atoms with Crippen molar-refractivity contribution in [3.8, 4) is 0 Å². The van der Waals surface area contributed by atoms with Crippen LogP contribution in [0.3, 0.4) is 0 Å². The highest BCUT2D eigenvalue weighted by atomic mass is 17.2. The number of hydrogen-bond acceptors (Lipinski definition) is 3. The first-order valence-corrected chi connectivity index (χ1v) is 2.29. The van der Waals surface area contributed by atoms with Crippen LogP contribution in [0.1, 0.15) is 6.92 Å². The molecule has 0 fully saturated rings. The minimum Gasteiger partial charge on any atom is -0.342 e. The zero-order valence-corrected chi connectivity index (χ0v) is 4.51. The van der Waals surface area contributed by atoms with E-state index in [4.69, 9.17) is 0 Å². The molecule has 0 spiro atoms. The third-order valence-electron chi connectivity index (χ3n) is 0.756. The molecule has 0 unspecified atom stereocenters. The van der Waals surface area contributed by atoms with Gasteiger partial charge in [0.15, 0.2) is 12.4 Å². The molecule has 0 radical (unpaired) electrons. The molecule has 44 valence electrons. The number of ketones is 1. The highest BCUT2D eigenvalue weighted by molar-refractivity contribution is 5.91. The first-order valence-electron chi connectivity index (χ1n) is 2.29. The Balaban J connectivity index is 2.64. The van der Waals surface area contributed by atoms with Crippen molar-refractivity contribution in [2.45, 2.75) is 6.92 Å². The van der Waals surface area contributed by atoms with Crippen LogP contribution < -0.4 is 0 Å². The summed E-state index contributed by atoms with van der Waals surface area (Å²) in [6.45, 7) is 1.70. The molecule has 1 heterocycles. The van der Waals surface area contributed by atoms with Gasteiger partial charge in [-0.2, -0.15) is 4.89 Å². The predicted molar refractivity (Wildman–Crippen MR) is 25.8 cm³/mol. The van der Waals surface area contributed by atoms with Gasteiger partial charge in [-0.05, 0) is 6.92 Å². The summed E-state index contributed by atoms with van der Waals surface area (Å²) in [6, 6.07) is 0. The van der Waals surface area contributed by atoms with Gasteiger partial charge >= 0.3 is 0 Å². The molecular weight excluding hydrogens is 108 g/mol. The van der Waals surface area contributed by atoms with Crippen molar-refractivity contribution in [3.63, 3.8) is 0 Å². The molecule has 0 aromatic heterocycles. The Kier molecular flexibility index (Phi) is 1.30. The molecule has 0 saturated heterocycles. The van der Waals surface area contributed by atoms with E-state index in [-0.39, 0.29) is 12.4 Å². The monoisotopic (exact) mass is 114 g/mol. The van der Waals surface area contributed by atoms with Crippen LogP contribution in [0.5, 0.6) is 0 Å². The molecule has 1 aliphatic heterocycles. The maximum atomic E-state index is 10.4. The Hall–Kier alpha value is -0.830. The average Bonchev–Trinajstić information content (AvgIpc) is 1.64. The van der Waals surface area contributed by atoms with Gasteiger partial charge in [0, 0.05) is 6.08 Å². The van der Waals surface area contributed by atoms with Crippen molar-refractivity contribution in [2.24, 2.45) is 0 Å². The van der Waals surface area contributed by atoms with Crippen molar-refractivity contribution in [2.75, 3.05) is 6.61 Å². The van der Waals surface area contributed by atoms with Crippen molar-refractivity contribution in [1.29, 1.82) is 0 Å². The Morgan fingerprint density at radius 3 is 2.88 bits per heavy atom. The molecule has 1 aliphatic rings. The Bertz CT molecular complexity index is 137. The summed E-state index contributed by atoms with van der Waals surface area (Å²) in [4.78, 5) is 19.3. The largest absolute Gasteiger partial charge is 0.342 e. The molecule has 0 saturated carbocycles. The van der Waals surface area contributed by atoms with Gasteiger partial charge in [0.1, 0.15) is 5.76 Å². The van der Waals surface area contributed by atoms with Crippen molar-refractivity contribution in [1.82, 2.24) is 0 Å². The maximum absolute atomic E-state index is 10.4. The Morgan fingerprint density at radius 2 is 2.50 bits per heavy atom. The predicted octanol–water partition coefficient (Wildman–Crippen LogP) is 0.421. The minimum atomic E-state index is -0.0475. The third-order valence-corrected chi connectivity index (χ3v) is 0.756. The van der Waals surface area contributed by atoms with Crippen LogP contribution in [-0.2, 0) is 14.6 Å². The molecule has 3 nitrogen and oxygen atoms in total. The fourth-order valence-electron chi connectivity index (χ4n) is 0.473. The molecule has 8 heavy (non-hydrogen) atoms. The van der Waals surface area contributed by atoms with Crippen LogP contribution >= 0.6 is 0 Å². The zero-order valence-electron chi connectivity index (χ0n) is 4.51. The average molecular weight is 114 g/mol. The second-order valence-electron chi connectivity index (χ2n) is 1.57. The van der Waals surface area contributed by atoms with Crippen LogP contribution in [0.2, 0.25) is 0 Å². The fourth-order valence-corrected chi connectivity index (χ4v) is 0.473. The van der Waals surface area contributed by atoms with Crippen LogP contribution in [0.4, 0.5) is 0 Å². The molecule has 0 aromatic carbocycles. The van der Waals surface area contributed by atoms with Crippen LogP contribution in [0, 0.1) is 0 Å². The number of allylic oxidation sites excluding steroid dienone is 1. The van der Waals surface area contributed by atoms with E-state index >= 15 is 0 Å². The first kappa shape index (κ1) is 5.31. The highest BCUT2D eigenvalue weighted by Gasteiger charge is 2.06. The molecule has 0 atom stereocenters. The van der Waals surface area contributed by atoms with E-state index < -0.39 is 0 Å². The van der Waals surface area contributed by atoms with Crippen LogP contribution in [-0.4, -0.2) is 12.4 Å². The minimum absolute atomic E-state index is 0.0390. The van der Waals surface area contributed by atoms with Gasteiger partial charge in [0.2, 0.25) is 0 Å². The summed E-state index contributed by atoms with van der Waals surface area (Å²) in [6.07, 6.45) is 1.41. The lowest BCUT2D eigenvalue weighted by Gasteiger charge is -2.06. The summed E-state index contributed by atoms with van der Waals surface area (Å²) < 4.78 is 0. The number of carbonyl (C=O) groups is 1. The van der Waals surface area contributed by atoms with Gasteiger partial charge in [-0.25, -0.2) is 0 Å². The molecule has 0 amide bonds. The zero-order chi connectivity index (χ0) is 5.98. The van der Waals surface area contributed by atoms with Gasteiger partial charge in [-0.15, -0.1) is 0 Å². The molecule has 1 rings (SSSR count). The molecule has 0 N–H and O–H groups in total. The topological polar surface area (TPSA) is 35.5 Å². The molecule has 0 aromatic rings. The van der Waals surface area contributed by atoms with E-state index in [1.54, 1.807) is 6.92 Å². The van der Waals surface area contributed by atoms with Crippen molar-refractivity contribution >= 4 is 5.78 Å². The second-order valence-corrected chi connectivity index (χ2v) is 1.57. The third kappa shape index (κ3) is 1.07. The summed E-state index contributed by atoms with van der Waals surface area (Å²) in [5.74, 6) is 0.468. The van der Waals surface area contributed by atoms with E-state index in [1.165, 1.54) is 6.08 Å². The van der Waals surface area contributed by atoms with E-state index in [9.17, 15) is 4.79 Å². The standard InChI is InChI=1S/C5H6O3/c1-4-2-5(6)3-7-8-4/h2H,3H2,1H3. The summed E-state index contributed by atoms with van der Waals surface area (Å²) in [7, 11) is 0. The summed E-state index contributed by atoms with van der Waals surface area (Å²) in [5.41, 5.74) is 0. The first-order chi connectivity index (χ1) is 3.79.